The predicted molar refractivity (Wildman–Crippen MR) is 132 cm³/mol. The van der Waals surface area contributed by atoms with Gasteiger partial charge in [0.25, 0.3) is 0 Å². The van der Waals surface area contributed by atoms with Gasteiger partial charge in [-0.15, -0.1) is 0 Å². The Morgan fingerprint density at radius 2 is 1.35 bits per heavy atom. The predicted octanol–water partition coefficient (Wildman–Crippen LogP) is 7.32. The summed E-state index contributed by atoms with van der Waals surface area (Å²) in [5, 5.41) is 10.9. The van der Waals surface area contributed by atoms with Gasteiger partial charge in [-0.2, -0.15) is 0 Å². The van der Waals surface area contributed by atoms with Crippen LogP contribution >= 0.6 is 0 Å². The summed E-state index contributed by atoms with van der Waals surface area (Å²) in [4.78, 5) is 0. The third-order valence-electron chi connectivity index (χ3n) is 6.09. The van der Waals surface area contributed by atoms with E-state index in [0.29, 0.717) is 5.75 Å². The van der Waals surface area contributed by atoms with Gasteiger partial charge in [-0.05, 0) is 70.4 Å². The first kappa shape index (κ1) is 23.2. The average molecular weight is 418 g/mol. The first-order valence-electron chi connectivity index (χ1n) is 11.5. The Morgan fingerprint density at radius 1 is 0.774 bits per heavy atom. The van der Waals surface area contributed by atoms with Crippen LogP contribution in [0.2, 0.25) is 0 Å². The van der Waals surface area contributed by atoms with Gasteiger partial charge in [-0.1, -0.05) is 84.0 Å². The molecule has 0 spiro atoms. The van der Waals surface area contributed by atoms with Crippen molar-refractivity contribution < 1.29 is 5.11 Å². The maximum Gasteiger partial charge on any atom is 0.123 e. The van der Waals surface area contributed by atoms with Gasteiger partial charge >= 0.3 is 0 Å². The molecule has 1 aromatic heterocycles. The van der Waals surface area contributed by atoms with Crippen LogP contribution in [-0.4, -0.2) is 9.67 Å². The van der Waals surface area contributed by atoms with Crippen LogP contribution in [0.5, 0.6) is 5.75 Å². The minimum absolute atomic E-state index is 0.0780. The van der Waals surface area contributed by atoms with E-state index in [-0.39, 0.29) is 10.8 Å². The van der Waals surface area contributed by atoms with Gasteiger partial charge in [0.15, 0.2) is 0 Å². The van der Waals surface area contributed by atoms with Gasteiger partial charge in [-0.3, -0.25) is 0 Å². The summed E-state index contributed by atoms with van der Waals surface area (Å²) in [5.41, 5.74) is 7.41. The molecule has 3 aromatic rings. The highest BCUT2D eigenvalue weighted by Crippen LogP contribution is 2.40. The Morgan fingerprint density at radius 3 is 1.90 bits per heavy atom. The summed E-state index contributed by atoms with van der Waals surface area (Å²) in [5.74, 6) is 0.470. The van der Waals surface area contributed by atoms with Crippen LogP contribution in [0.4, 0.5) is 0 Å². The summed E-state index contributed by atoms with van der Waals surface area (Å²) < 4.78 is 2.30. The Bertz CT molecular complexity index is 978. The Hall–Kier alpha value is -2.48. The van der Waals surface area contributed by atoms with Gasteiger partial charge in [-0.25, -0.2) is 0 Å². The third-order valence-corrected chi connectivity index (χ3v) is 6.09. The van der Waals surface area contributed by atoms with Crippen molar-refractivity contribution in [1.29, 1.82) is 0 Å². The number of benzene rings is 2. The number of nitrogens with zero attached hydrogens (tertiary/aromatic N) is 1. The molecule has 1 heterocycles. The zero-order valence-corrected chi connectivity index (χ0v) is 20.4. The fraction of sp³-hybridized carbons (Fsp3) is 0.448. The van der Waals surface area contributed by atoms with Crippen molar-refractivity contribution in [3.05, 3.63) is 88.2 Å². The molecule has 1 N–H and O–H groups in total. The van der Waals surface area contributed by atoms with E-state index >= 15 is 0 Å². The number of rotatable bonds is 6. The van der Waals surface area contributed by atoms with E-state index in [0.717, 1.165) is 36.9 Å². The molecule has 31 heavy (non-hydrogen) atoms. The first-order valence-corrected chi connectivity index (χ1v) is 11.5. The molecule has 0 aliphatic carbocycles. The molecule has 0 aliphatic heterocycles. The van der Waals surface area contributed by atoms with Gasteiger partial charge in [0, 0.05) is 18.9 Å². The van der Waals surface area contributed by atoms with Gasteiger partial charge in [0.2, 0.25) is 0 Å². The second-order valence-electron chi connectivity index (χ2n) is 11.0. The van der Waals surface area contributed by atoms with E-state index in [9.17, 15) is 5.11 Å². The smallest absolute Gasteiger partial charge is 0.123 e. The van der Waals surface area contributed by atoms with Gasteiger partial charge < -0.3 is 9.67 Å². The van der Waals surface area contributed by atoms with Crippen LogP contribution in [-0.2, 0) is 30.2 Å². The summed E-state index contributed by atoms with van der Waals surface area (Å²) in [6, 6.07) is 15.1. The monoisotopic (exact) mass is 417 g/mol. The van der Waals surface area contributed by atoms with E-state index in [1.54, 1.807) is 0 Å². The van der Waals surface area contributed by atoms with E-state index in [1.165, 1.54) is 22.3 Å². The van der Waals surface area contributed by atoms with Crippen molar-refractivity contribution >= 4 is 0 Å². The molecule has 2 heteroatoms. The van der Waals surface area contributed by atoms with Crippen LogP contribution in [0.1, 0.15) is 81.3 Å². The number of phenols is 1. The van der Waals surface area contributed by atoms with E-state index in [1.807, 2.05) is 0 Å². The van der Waals surface area contributed by atoms with Crippen LogP contribution in [0.3, 0.4) is 0 Å². The van der Waals surface area contributed by atoms with Crippen molar-refractivity contribution in [2.24, 2.45) is 0 Å². The summed E-state index contributed by atoms with van der Waals surface area (Å²) >= 11 is 0. The van der Waals surface area contributed by atoms with Crippen molar-refractivity contribution in [2.45, 2.75) is 85.1 Å². The molecule has 3 rings (SSSR count). The standard InChI is InChI=1S/C29H39NO/c1-21-18-30(19-22-12-9-8-10-13-22)20-24(21)15-11-14-23-16-25(28(2,3)4)27(31)26(17-23)29(5,6)7/h8-10,12-13,16-18,20,31H,11,14-15,19H2,1-7H3. The molecule has 0 bridgehead atoms. The quantitative estimate of drug-likeness (QED) is 0.446. The molecule has 0 unspecified atom stereocenters. The van der Waals surface area contributed by atoms with Gasteiger partial charge in [0.1, 0.15) is 5.75 Å². The maximum absolute atomic E-state index is 10.9. The fourth-order valence-electron chi connectivity index (χ4n) is 4.28. The number of phenolic OH excluding ortho intramolecular Hbond substituents is 1. The lowest BCUT2D eigenvalue weighted by Crippen LogP contribution is -2.18. The minimum atomic E-state index is -0.0780. The largest absolute Gasteiger partial charge is 0.507 e. The topological polar surface area (TPSA) is 25.2 Å². The molecular formula is C29H39NO. The zero-order chi connectivity index (χ0) is 22.8. The van der Waals surface area contributed by atoms with E-state index in [2.05, 4.69) is 108 Å². The lowest BCUT2D eigenvalue weighted by Gasteiger charge is -2.28. The van der Waals surface area contributed by atoms with E-state index in [4.69, 9.17) is 0 Å². The number of aromatic hydroxyl groups is 1. The van der Waals surface area contributed by atoms with Crippen molar-refractivity contribution in [3.8, 4) is 5.75 Å². The summed E-state index contributed by atoms with van der Waals surface area (Å²) in [6.45, 7) is 16.2. The highest BCUT2D eigenvalue weighted by Gasteiger charge is 2.26. The molecule has 0 amide bonds. The molecule has 0 radical (unpaired) electrons. The van der Waals surface area contributed by atoms with E-state index < -0.39 is 0 Å². The molecular weight excluding hydrogens is 378 g/mol. The van der Waals surface area contributed by atoms with Crippen LogP contribution in [0.25, 0.3) is 0 Å². The minimum Gasteiger partial charge on any atom is -0.507 e. The Labute approximate surface area is 189 Å². The molecule has 0 atom stereocenters. The summed E-state index contributed by atoms with van der Waals surface area (Å²) in [6.07, 6.45) is 7.77. The Kier molecular flexibility index (Phi) is 6.69. The zero-order valence-electron chi connectivity index (χ0n) is 20.4. The lowest BCUT2D eigenvalue weighted by molar-refractivity contribution is 0.422. The number of hydrogen-bond acceptors (Lipinski definition) is 1. The molecule has 166 valence electrons. The molecule has 2 nitrogen and oxygen atoms in total. The highest BCUT2D eigenvalue weighted by atomic mass is 16.3. The molecule has 0 saturated heterocycles. The summed E-state index contributed by atoms with van der Waals surface area (Å²) in [7, 11) is 0. The van der Waals surface area contributed by atoms with Crippen LogP contribution in [0.15, 0.2) is 54.9 Å². The Balaban J connectivity index is 1.73. The fourth-order valence-corrected chi connectivity index (χ4v) is 4.28. The average Bonchev–Trinajstić information content (AvgIpc) is 3.01. The first-order chi connectivity index (χ1) is 14.4. The lowest BCUT2D eigenvalue weighted by atomic mass is 9.78. The van der Waals surface area contributed by atoms with Crippen LogP contribution < -0.4 is 0 Å². The van der Waals surface area contributed by atoms with Gasteiger partial charge in [0.05, 0.1) is 0 Å². The molecule has 0 saturated carbocycles. The van der Waals surface area contributed by atoms with Crippen molar-refractivity contribution in [2.75, 3.05) is 0 Å². The second-order valence-corrected chi connectivity index (χ2v) is 11.0. The normalized spacial score (nSPS) is 12.4. The third kappa shape index (κ3) is 5.81. The molecule has 0 aliphatic rings. The highest BCUT2D eigenvalue weighted by molar-refractivity contribution is 5.50. The van der Waals surface area contributed by atoms with Crippen LogP contribution in [0, 0.1) is 6.92 Å². The number of hydrogen-bond donors (Lipinski definition) is 1. The number of aromatic nitrogens is 1. The second kappa shape index (κ2) is 8.94. The van der Waals surface area contributed by atoms with Crippen molar-refractivity contribution in [1.82, 2.24) is 4.57 Å². The van der Waals surface area contributed by atoms with Crippen molar-refractivity contribution in [3.63, 3.8) is 0 Å². The SMILES string of the molecule is Cc1cn(Cc2ccccc2)cc1CCCc1cc(C(C)(C)C)c(O)c(C(C)(C)C)c1. The molecule has 0 fully saturated rings. The number of aryl methyl sites for hydroxylation is 3. The maximum atomic E-state index is 10.9. The molecule has 2 aromatic carbocycles.